The highest BCUT2D eigenvalue weighted by Gasteiger charge is 2.19. The zero-order chi connectivity index (χ0) is 11.5. The van der Waals surface area contributed by atoms with E-state index in [2.05, 4.69) is 33.1 Å². The second-order valence-electron chi connectivity index (χ2n) is 4.13. The minimum atomic E-state index is -0.192. The highest BCUT2D eigenvalue weighted by atomic mass is 79.9. The normalized spacial score (nSPS) is 17.5. The van der Waals surface area contributed by atoms with Crippen LogP contribution in [0.2, 0.25) is 0 Å². The molecule has 18 heavy (non-hydrogen) atoms. The van der Waals surface area contributed by atoms with Gasteiger partial charge in [-0.2, -0.15) is 0 Å². The molecule has 1 aliphatic rings. The van der Waals surface area contributed by atoms with Crippen molar-refractivity contribution in [3.8, 4) is 0 Å². The molecule has 1 atom stereocenters. The lowest BCUT2D eigenvalue weighted by molar-refractivity contribution is 0.185. The molecule has 0 spiro atoms. The molecular weight excluding hydrogens is 342 g/mol. The minimum absolute atomic E-state index is 0. The van der Waals surface area contributed by atoms with Crippen LogP contribution < -0.4 is 5.32 Å². The molecule has 0 saturated carbocycles. The van der Waals surface area contributed by atoms with E-state index in [1.165, 1.54) is 12.1 Å². The van der Waals surface area contributed by atoms with Gasteiger partial charge in [-0.3, -0.25) is 4.90 Å². The molecule has 1 saturated heterocycles. The Bertz CT molecular complexity index is 373. The van der Waals surface area contributed by atoms with Crippen molar-refractivity contribution >= 4 is 40.7 Å². The standard InChI is InChI=1S/C12H16BrFN2.2ClH/c1-9(16-6-4-15-5-7-16)11-3-2-10(14)8-12(11)13;;/h2-3,8-9,15H,4-7H2,1H3;2*1H/t9-;;/m0../s1. The molecule has 0 amide bonds. The lowest BCUT2D eigenvalue weighted by Crippen LogP contribution is -2.44. The molecule has 1 heterocycles. The summed E-state index contributed by atoms with van der Waals surface area (Å²) < 4.78 is 13.9. The Labute approximate surface area is 128 Å². The quantitative estimate of drug-likeness (QED) is 0.870. The van der Waals surface area contributed by atoms with E-state index >= 15 is 0 Å². The molecule has 1 aromatic rings. The zero-order valence-corrected chi connectivity index (χ0v) is 13.4. The maximum absolute atomic E-state index is 13.0. The Balaban J connectivity index is 0.00000144. The fourth-order valence-corrected chi connectivity index (χ4v) is 2.79. The summed E-state index contributed by atoms with van der Waals surface area (Å²) >= 11 is 3.43. The minimum Gasteiger partial charge on any atom is -0.314 e. The number of hydrogen-bond acceptors (Lipinski definition) is 2. The van der Waals surface area contributed by atoms with E-state index in [0.29, 0.717) is 6.04 Å². The molecule has 2 rings (SSSR count). The van der Waals surface area contributed by atoms with E-state index in [0.717, 1.165) is 36.2 Å². The fourth-order valence-electron chi connectivity index (χ4n) is 2.11. The Morgan fingerprint density at radius 1 is 1.28 bits per heavy atom. The van der Waals surface area contributed by atoms with Crippen molar-refractivity contribution in [2.75, 3.05) is 26.2 Å². The molecule has 0 aromatic heterocycles. The lowest BCUT2D eigenvalue weighted by Gasteiger charge is -2.33. The van der Waals surface area contributed by atoms with Gasteiger partial charge in [0.25, 0.3) is 0 Å². The average molecular weight is 360 g/mol. The topological polar surface area (TPSA) is 15.3 Å². The Morgan fingerprint density at radius 3 is 2.44 bits per heavy atom. The van der Waals surface area contributed by atoms with Crippen LogP contribution in [0.15, 0.2) is 22.7 Å². The van der Waals surface area contributed by atoms with E-state index in [9.17, 15) is 4.39 Å². The molecule has 1 N–H and O–H groups in total. The van der Waals surface area contributed by atoms with Gasteiger partial charge >= 0.3 is 0 Å². The van der Waals surface area contributed by atoms with Gasteiger partial charge in [0.15, 0.2) is 0 Å². The first-order chi connectivity index (χ1) is 7.68. The van der Waals surface area contributed by atoms with Gasteiger partial charge in [0.05, 0.1) is 0 Å². The van der Waals surface area contributed by atoms with Crippen LogP contribution in [0.1, 0.15) is 18.5 Å². The molecule has 104 valence electrons. The van der Waals surface area contributed by atoms with Crippen molar-refractivity contribution in [2.24, 2.45) is 0 Å². The summed E-state index contributed by atoms with van der Waals surface area (Å²) in [7, 11) is 0. The molecule has 1 aromatic carbocycles. The van der Waals surface area contributed by atoms with Crippen molar-refractivity contribution in [2.45, 2.75) is 13.0 Å². The molecule has 6 heteroatoms. The third-order valence-electron chi connectivity index (χ3n) is 3.11. The number of rotatable bonds is 2. The van der Waals surface area contributed by atoms with Crippen LogP contribution in [0.25, 0.3) is 0 Å². The van der Waals surface area contributed by atoms with Gasteiger partial charge in [0.2, 0.25) is 0 Å². The van der Waals surface area contributed by atoms with Gasteiger partial charge in [-0.05, 0) is 24.6 Å². The number of hydrogen-bond donors (Lipinski definition) is 1. The molecule has 2 nitrogen and oxygen atoms in total. The van der Waals surface area contributed by atoms with Crippen molar-refractivity contribution < 1.29 is 4.39 Å². The average Bonchev–Trinajstić information content (AvgIpc) is 2.29. The third kappa shape index (κ3) is 4.35. The van der Waals surface area contributed by atoms with Crippen LogP contribution in [-0.2, 0) is 0 Å². The molecule has 0 aliphatic carbocycles. The van der Waals surface area contributed by atoms with Crippen molar-refractivity contribution in [3.63, 3.8) is 0 Å². The maximum Gasteiger partial charge on any atom is 0.124 e. The van der Waals surface area contributed by atoms with E-state index in [1.807, 2.05) is 6.07 Å². The Kier molecular flexibility index (Phi) is 8.39. The van der Waals surface area contributed by atoms with Crippen LogP contribution in [0.3, 0.4) is 0 Å². The van der Waals surface area contributed by atoms with E-state index in [4.69, 9.17) is 0 Å². The monoisotopic (exact) mass is 358 g/mol. The lowest BCUT2D eigenvalue weighted by atomic mass is 10.1. The van der Waals surface area contributed by atoms with Crippen LogP contribution >= 0.6 is 40.7 Å². The first kappa shape index (κ1) is 18.1. The largest absolute Gasteiger partial charge is 0.314 e. The van der Waals surface area contributed by atoms with Crippen LogP contribution in [-0.4, -0.2) is 31.1 Å². The first-order valence-electron chi connectivity index (χ1n) is 5.58. The highest BCUT2D eigenvalue weighted by molar-refractivity contribution is 9.10. The number of benzene rings is 1. The van der Waals surface area contributed by atoms with Crippen molar-refractivity contribution in [1.82, 2.24) is 10.2 Å². The van der Waals surface area contributed by atoms with Gasteiger partial charge in [0, 0.05) is 36.7 Å². The zero-order valence-electron chi connectivity index (χ0n) is 10.2. The maximum atomic E-state index is 13.0. The summed E-state index contributed by atoms with van der Waals surface area (Å²) in [5.74, 6) is -0.192. The Hall–Kier alpha value is 0.130. The molecular formula is C12H18BrCl2FN2. The van der Waals surface area contributed by atoms with Gasteiger partial charge in [-0.1, -0.05) is 22.0 Å². The second kappa shape index (κ2) is 8.33. The predicted octanol–water partition coefficient (Wildman–Crippen LogP) is 3.40. The van der Waals surface area contributed by atoms with Crippen molar-refractivity contribution in [1.29, 1.82) is 0 Å². The SMILES string of the molecule is C[C@@H](c1ccc(F)cc1Br)N1CCNCC1.Cl.Cl. The van der Waals surface area contributed by atoms with Gasteiger partial charge < -0.3 is 5.32 Å². The van der Waals surface area contributed by atoms with Gasteiger partial charge in [0.1, 0.15) is 5.82 Å². The number of nitrogens with one attached hydrogen (secondary N) is 1. The number of piperazine rings is 1. The molecule has 0 radical (unpaired) electrons. The smallest absolute Gasteiger partial charge is 0.124 e. The molecule has 0 bridgehead atoms. The van der Waals surface area contributed by atoms with Crippen LogP contribution in [0.5, 0.6) is 0 Å². The summed E-state index contributed by atoms with van der Waals surface area (Å²) in [6, 6.07) is 5.26. The fraction of sp³-hybridized carbons (Fsp3) is 0.500. The van der Waals surface area contributed by atoms with Crippen LogP contribution in [0.4, 0.5) is 4.39 Å². The molecule has 1 fully saturated rings. The van der Waals surface area contributed by atoms with E-state index < -0.39 is 0 Å². The van der Waals surface area contributed by atoms with E-state index in [1.54, 1.807) is 0 Å². The highest BCUT2D eigenvalue weighted by Crippen LogP contribution is 2.28. The summed E-state index contributed by atoms with van der Waals surface area (Å²) in [6.45, 7) is 6.32. The molecule has 0 unspecified atom stereocenters. The third-order valence-corrected chi connectivity index (χ3v) is 3.80. The van der Waals surface area contributed by atoms with Crippen LogP contribution in [0, 0.1) is 5.82 Å². The predicted molar refractivity (Wildman–Crippen MR) is 81.5 cm³/mol. The van der Waals surface area contributed by atoms with Gasteiger partial charge in [-0.15, -0.1) is 24.8 Å². The number of halogens is 4. The number of nitrogens with zero attached hydrogens (tertiary/aromatic N) is 1. The summed E-state index contributed by atoms with van der Waals surface area (Å²) in [6.07, 6.45) is 0. The first-order valence-corrected chi connectivity index (χ1v) is 6.37. The Morgan fingerprint density at radius 2 is 1.89 bits per heavy atom. The van der Waals surface area contributed by atoms with Gasteiger partial charge in [-0.25, -0.2) is 4.39 Å². The summed E-state index contributed by atoms with van der Waals surface area (Å²) in [5.41, 5.74) is 1.16. The summed E-state index contributed by atoms with van der Waals surface area (Å²) in [5, 5.41) is 3.33. The second-order valence-corrected chi connectivity index (χ2v) is 4.98. The van der Waals surface area contributed by atoms with Crippen molar-refractivity contribution in [3.05, 3.63) is 34.1 Å². The van der Waals surface area contributed by atoms with E-state index in [-0.39, 0.29) is 30.6 Å². The molecule has 1 aliphatic heterocycles. The summed E-state index contributed by atoms with van der Waals surface area (Å²) in [4.78, 5) is 2.41.